The smallest absolute Gasteiger partial charge is 0.256 e. The third-order valence-electron chi connectivity index (χ3n) is 8.13. The molecule has 3 N–H and O–H groups in total. The fourth-order valence-corrected chi connectivity index (χ4v) is 6.56. The second-order valence-electron chi connectivity index (χ2n) is 11.0. The Labute approximate surface area is 235 Å². The van der Waals surface area contributed by atoms with Crippen molar-refractivity contribution in [3.63, 3.8) is 0 Å². The summed E-state index contributed by atoms with van der Waals surface area (Å²) in [6.07, 6.45) is 8.27. The number of rotatable bonds is 8. The Balaban J connectivity index is 1.37. The molecule has 2 aromatic heterocycles. The van der Waals surface area contributed by atoms with Gasteiger partial charge in [0.15, 0.2) is 0 Å². The van der Waals surface area contributed by atoms with Crippen molar-refractivity contribution in [3.05, 3.63) is 87.9 Å². The summed E-state index contributed by atoms with van der Waals surface area (Å²) in [5, 5.41) is 5.40. The van der Waals surface area contributed by atoms with Crippen molar-refractivity contribution in [3.8, 4) is 0 Å². The predicted octanol–water partition coefficient (Wildman–Crippen LogP) is 4.51. The number of hydrogen-bond donors (Lipinski definition) is 2. The van der Waals surface area contributed by atoms with Crippen LogP contribution in [0, 0.1) is 6.92 Å². The molecule has 1 unspecified atom stereocenters. The van der Waals surface area contributed by atoms with Crippen LogP contribution < -0.4 is 11.1 Å². The van der Waals surface area contributed by atoms with E-state index in [2.05, 4.69) is 63.9 Å². The quantitative estimate of drug-likeness (QED) is 0.435. The zero-order valence-corrected chi connectivity index (χ0v) is 23.5. The van der Waals surface area contributed by atoms with E-state index in [0.717, 1.165) is 45.2 Å². The number of carbonyl (C=O) groups excluding carboxylic acids is 2. The Morgan fingerprint density at radius 2 is 1.85 bits per heavy atom. The molecule has 1 aromatic carbocycles. The van der Waals surface area contributed by atoms with Gasteiger partial charge in [0.1, 0.15) is 6.04 Å². The molecule has 0 spiro atoms. The predicted molar refractivity (Wildman–Crippen MR) is 155 cm³/mol. The standard InChI is InChI=1S/C31H39N5O2S/c1-22-6-8-23(9-7-22)20-35(21-28-5-3-17-39-28)27-14-16-36(31(38)24-4-2-15-33-19-24)29(18-27)30(37)34-26-12-10-25(32)11-13-26/h2-9,15,17,19,25-27,29H,10-14,16,18,20-21,32H2,1H3,(H,34,37)/t25?,26?,27?,29-/m1/s1. The lowest BCUT2D eigenvalue weighted by Crippen LogP contribution is -2.58. The minimum atomic E-state index is -0.532. The van der Waals surface area contributed by atoms with Gasteiger partial charge in [0.2, 0.25) is 5.91 Å². The van der Waals surface area contributed by atoms with Crippen molar-refractivity contribution in [1.29, 1.82) is 0 Å². The molecule has 1 saturated carbocycles. The Morgan fingerprint density at radius 3 is 2.54 bits per heavy atom. The molecular formula is C31H39N5O2S. The number of hydrogen-bond acceptors (Lipinski definition) is 6. The van der Waals surface area contributed by atoms with Crippen LogP contribution in [-0.2, 0) is 17.9 Å². The van der Waals surface area contributed by atoms with Crippen molar-refractivity contribution in [2.75, 3.05) is 6.54 Å². The van der Waals surface area contributed by atoms with Gasteiger partial charge in [0.25, 0.3) is 5.91 Å². The zero-order valence-electron chi connectivity index (χ0n) is 22.7. The third kappa shape index (κ3) is 7.12. The molecule has 206 valence electrons. The van der Waals surface area contributed by atoms with Gasteiger partial charge in [-0.1, -0.05) is 35.9 Å². The molecule has 2 amide bonds. The Hall–Kier alpha value is -3.07. The first-order valence-electron chi connectivity index (χ1n) is 14.0. The number of piperidine rings is 1. The summed E-state index contributed by atoms with van der Waals surface area (Å²) in [6.45, 7) is 4.25. The topological polar surface area (TPSA) is 91.6 Å². The number of likely N-dealkylation sites (tertiary alicyclic amines) is 1. The largest absolute Gasteiger partial charge is 0.352 e. The number of nitrogens with one attached hydrogen (secondary N) is 1. The number of thiophene rings is 1. The van der Waals surface area contributed by atoms with E-state index in [-0.39, 0.29) is 29.9 Å². The molecule has 3 aromatic rings. The van der Waals surface area contributed by atoms with E-state index in [1.165, 1.54) is 16.0 Å². The van der Waals surface area contributed by atoms with E-state index in [1.54, 1.807) is 40.8 Å². The number of benzene rings is 1. The van der Waals surface area contributed by atoms with Crippen LogP contribution in [0.2, 0.25) is 0 Å². The van der Waals surface area contributed by atoms with E-state index < -0.39 is 6.04 Å². The number of carbonyl (C=O) groups is 2. The zero-order chi connectivity index (χ0) is 27.2. The fraction of sp³-hybridized carbons (Fsp3) is 0.452. The van der Waals surface area contributed by atoms with Gasteiger partial charge in [0, 0.05) is 55.0 Å². The molecule has 1 aliphatic heterocycles. The van der Waals surface area contributed by atoms with Gasteiger partial charge in [-0.05, 0) is 74.6 Å². The molecule has 0 bridgehead atoms. The fourth-order valence-electron chi connectivity index (χ4n) is 5.83. The summed E-state index contributed by atoms with van der Waals surface area (Å²) in [6, 6.07) is 16.5. The van der Waals surface area contributed by atoms with Gasteiger partial charge >= 0.3 is 0 Å². The van der Waals surface area contributed by atoms with E-state index >= 15 is 0 Å². The highest BCUT2D eigenvalue weighted by atomic mass is 32.1. The lowest BCUT2D eigenvalue weighted by molar-refractivity contribution is -0.128. The third-order valence-corrected chi connectivity index (χ3v) is 8.99. The molecule has 2 fully saturated rings. The second-order valence-corrected chi connectivity index (χ2v) is 12.1. The van der Waals surface area contributed by atoms with Gasteiger partial charge < -0.3 is 16.0 Å². The molecule has 8 heteroatoms. The summed E-state index contributed by atoms with van der Waals surface area (Å²) in [5.41, 5.74) is 9.12. The van der Waals surface area contributed by atoms with Crippen LogP contribution in [0.25, 0.3) is 0 Å². The Kier molecular flexibility index (Phi) is 9.06. The first-order chi connectivity index (χ1) is 19.0. The average Bonchev–Trinajstić information content (AvgIpc) is 3.48. The molecular weight excluding hydrogens is 506 g/mol. The first-order valence-corrected chi connectivity index (χ1v) is 14.9. The average molecular weight is 546 g/mol. The molecule has 5 rings (SSSR count). The van der Waals surface area contributed by atoms with Crippen LogP contribution in [0.4, 0.5) is 0 Å². The Bertz CT molecular complexity index is 1210. The van der Waals surface area contributed by atoms with Crippen LogP contribution in [-0.4, -0.2) is 57.3 Å². The number of nitrogens with zero attached hydrogens (tertiary/aromatic N) is 3. The van der Waals surface area contributed by atoms with Gasteiger partial charge in [0.05, 0.1) is 5.56 Å². The monoisotopic (exact) mass is 545 g/mol. The van der Waals surface area contributed by atoms with E-state index in [4.69, 9.17) is 5.73 Å². The minimum Gasteiger partial charge on any atom is -0.352 e. The number of aryl methyl sites for hydroxylation is 1. The SMILES string of the molecule is Cc1ccc(CN(Cc2cccs2)C2CCN(C(=O)c3cccnc3)[C@@H](C(=O)NC3CCC(N)CC3)C2)cc1. The van der Waals surface area contributed by atoms with Gasteiger partial charge in [-0.3, -0.25) is 19.5 Å². The normalized spacial score (nSPS) is 23.5. The van der Waals surface area contributed by atoms with E-state index in [0.29, 0.717) is 18.5 Å². The molecule has 1 aliphatic carbocycles. The van der Waals surface area contributed by atoms with Crippen LogP contribution in [0.15, 0.2) is 66.3 Å². The number of aromatic nitrogens is 1. The summed E-state index contributed by atoms with van der Waals surface area (Å²) in [4.78, 5) is 37.1. The van der Waals surface area contributed by atoms with Gasteiger partial charge in [-0.2, -0.15) is 0 Å². The molecule has 2 aliphatic rings. The van der Waals surface area contributed by atoms with Crippen LogP contribution >= 0.6 is 11.3 Å². The highest BCUT2D eigenvalue weighted by Crippen LogP contribution is 2.28. The van der Waals surface area contributed by atoms with Crippen LogP contribution in [0.1, 0.15) is 64.9 Å². The summed E-state index contributed by atoms with van der Waals surface area (Å²) >= 11 is 1.76. The van der Waals surface area contributed by atoms with Gasteiger partial charge in [-0.25, -0.2) is 0 Å². The highest BCUT2D eigenvalue weighted by molar-refractivity contribution is 7.09. The molecule has 39 heavy (non-hydrogen) atoms. The lowest BCUT2D eigenvalue weighted by atomic mass is 9.90. The molecule has 3 heterocycles. The van der Waals surface area contributed by atoms with Crippen molar-refractivity contribution < 1.29 is 9.59 Å². The Morgan fingerprint density at radius 1 is 1.05 bits per heavy atom. The highest BCUT2D eigenvalue weighted by Gasteiger charge is 2.39. The maximum absolute atomic E-state index is 13.8. The van der Waals surface area contributed by atoms with E-state index in [1.807, 2.05) is 0 Å². The number of nitrogens with two attached hydrogens (primary N) is 1. The maximum atomic E-state index is 13.8. The summed E-state index contributed by atoms with van der Waals surface area (Å²) in [7, 11) is 0. The lowest BCUT2D eigenvalue weighted by Gasteiger charge is -2.43. The summed E-state index contributed by atoms with van der Waals surface area (Å²) < 4.78 is 0. The molecule has 2 atom stereocenters. The second kappa shape index (κ2) is 12.9. The number of pyridine rings is 1. The van der Waals surface area contributed by atoms with E-state index in [9.17, 15) is 9.59 Å². The number of amides is 2. The van der Waals surface area contributed by atoms with Crippen molar-refractivity contribution in [2.45, 2.75) is 82.7 Å². The molecule has 1 saturated heterocycles. The summed E-state index contributed by atoms with van der Waals surface area (Å²) in [5.74, 6) is -0.181. The van der Waals surface area contributed by atoms with Crippen LogP contribution in [0.3, 0.4) is 0 Å². The van der Waals surface area contributed by atoms with Crippen LogP contribution in [0.5, 0.6) is 0 Å². The molecule has 7 nitrogen and oxygen atoms in total. The maximum Gasteiger partial charge on any atom is 0.256 e. The van der Waals surface area contributed by atoms with Crippen molar-refractivity contribution >= 4 is 23.2 Å². The first kappa shape index (κ1) is 27.5. The molecule has 0 radical (unpaired) electrons. The van der Waals surface area contributed by atoms with Crippen molar-refractivity contribution in [1.82, 2.24) is 20.1 Å². The van der Waals surface area contributed by atoms with Crippen molar-refractivity contribution in [2.24, 2.45) is 5.73 Å². The minimum absolute atomic E-state index is 0.0520. The van der Waals surface area contributed by atoms with Gasteiger partial charge in [-0.15, -0.1) is 11.3 Å².